The Morgan fingerprint density at radius 2 is 2.10 bits per heavy atom. The molecule has 20 heavy (non-hydrogen) atoms. The van der Waals surface area contributed by atoms with E-state index in [-0.39, 0.29) is 17.7 Å². The van der Waals surface area contributed by atoms with Crippen LogP contribution in [0.4, 0.5) is 0 Å². The normalized spacial score (nSPS) is 11.9. The van der Waals surface area contributed by atoms with Crippen molar-refractivity contribution in [3.05, 3.63) is 53.3 Å². The van der Waals surface area contributed by atoms with E-state index in [9.17, 15) is 4.79 Å². The molecular weight excluding hydrogens is 294 g/mol. The van der Waals surface area contributed by atoms with Crippen molar-refractivity contribution in [3.8, 4) is 0 Å². The van der Waals surface area contributed by atoms with Gasteiger partial charge in [-0.3, -0.25) is 4.79 Å². The lowest BCUT2D eigenvalue weighted by Gasteiger charge is -2.14. The van der Waals surface area contributed by atoms with Crippen LogP contribution in [0.5, 0.6) is 0 Å². The van der Waals surface area contributed by atoms with Gasteiger partial charge in [0.15, 0.2) is 5.16 Å². The Morgan fingerprint density at radius 1 is 1.35 bits per heavy atom. The monoisotopic (exact) mass is 307 g/mol. The van der Waals surface area contributed by atoms with Gasteiger partial charge in [0.2, 0.25) is 5.91 Å². The second-order valence-electron chi connectivity index (χ2n) is 4.16. The third-order valence-corrected chi connectivity index (χ3v) is 3.71. The van der Waals surface area contributed by atoms with E-state index in [0.717, 1.165) is 5.56 Å². The lowest BCUT2D eigenvalue weighted by Crippen LogP contribution is -2.28. The summed E-state index contributed by atoms with van der Waals surface area (Å²) in [5.41, 5.74) is 0.979. The summed E-state index contributed by atoms with van der Waals surface area (Å²) < 4.78 is 0. The van der Waals surface area contributed by atoms with Crippen LogP contribution in [0.25, 0.3) is 0 Å². The van der Waals surface area contributed by atoms with Crippen LogP contribution in [-0.4, -0.2) is 21.6 Å². The predicted octanol–water partition coefficient (Wildman–Crippen LogP) is 3.10. The molecule has 1 aromatic carbocycles. The lowest BCUT2D eigenvalue weighted by molar-refractivity contribution is -0.119. The maximum absolute atomic E-state index is 11.9. The highest BCUT2D eigenvalue weighted by molar-refractivity contribution is 7.99. The Morgan fingerprint density at radius 3 is 2.80 bits per heavy atom. The number of carbonyl (C=O) groups excluding carboxylic acids is 1. The summed E-state index contributed by atoms with van der Waals surface area (Å²) in [5.74, 6) is 0.226. The van der Waals surface area contributed by atoms with Crippen molar-refractivity contribution in [2.45, 2.75) is 18.1 Å². The first-order valence-corrected chi connectivity index (χ1v) is 7.46. The number of thioether (sulfide) groups is 1. The maximum atomic E-state index is 11.9. The zero-order chi connectivity index (χ0) is 14.4. The van der Waals surface area contributed by atoms with Crippen LogP contribution in [0.3, 0.4) is 0 Å². The lowest BCUT2D eigenvalue weighted by atomic mass is 10.1. The number of benzene rings is 1. The Bertz CT molecular complexity index is 580. The molecule has 0 aliphatic heterocycles. The number of carbonyl (C=O) groups is 1. The summed E-state index contributed by atoms with van der Waals surface area (Å²) in [6.45, 7) is 1.92. The molecule has 1 amide bonds. The molecule has 0 aliphatic carbocycles. The molecule has 2 rings (SSSR count). The molecule has 0 unspecified atom stereocenters. The fourth-order valence-electron chi connectivity index (χ4n) is 1.63. The van der Waals surface area contributed by atoms with Crippen LogP contribution in [-0.2, 0) is 4.79 Å². The SMILES string of the molecule is C[C@H](NC(=O)CSc1ncccn1)c1cccc(Cl)c1. The van der Waals surface area contributed by atoms with Crippen molar-refractivity contribution >= 4 is 29.3 Å². The summed E-state index contributed by atoms with van der Waals surface area (Å²) in [4.78, 5) is 20.0. The largest absolute Gasteiger partial charge is 0.349 e. The van der Waals surface area contributed by atoms with Crippen molar-refractivity contribution < 1.29 is 4.79 Å². The minimum absolute atomic E-state index is 0.0603. The van der Waals surface area contributed by atoms with Gasteiger partial charge in [-0.1, -0.05) is 35.5 Å². The number of hydrogen-bond donors (Lipinski definition) is 1. The summed E-state index contributed by atoms with van der Waals surface area (Å²) in [5, 5.41) is 4.18. The van der Waals surface area contributed by atoms with E-state index in [4.69, 9.17) is 11.6 Å². The van der Waals surface area contributed by atoms with E-state index >= 15 is 0 Å². The van der Waals surface area contributed by atoms with E-state index < -0.39 is 0 Å². The number of aromatic nitrogens is 2. The van der Waals surface area contributed by atoms with Crippen molar-refractivity contribution in [1.29, 1.82) is 0 Å². The fraction of sp³-hybridized carbons (Fsp3) is 0.214. The summed E-state index contributed by atoms with van der Waals surface area (Å²) in [6, 6.07) is 9.11. The first kappa shape index (κ1) is 14.8. The van der Waals surface area contributed by atoms with Crippen LogP contribution in [0.15, 0.2) is 47.9 Å². The van der Waals surface area contributed by atoms with Crippen LogP contribution < -0.4 is 5.32 Å². The molecule has 6 heteroatoms. The van der Waals surface area contributed by atoms with Gasteiger partial charge in [-0.05, 0) is 30.7 Å². The molecule has 0 aliphatic rings. The van der Waals surface area contributed by atoms with Gasteiger partial charge in [0.25, 0.3) is 0 Å². The molecule has 0 radical (unpaired) electrons. The molecule has 0 saturated heterocycles. The van der Waals surface area contributed by atoms with Gasteiger partial charge in [0.1, 0.15) is 0 Å². The Labute approximate surface area is 127 Å². The molecule has 0 saturated carbocycles. The quantitative estimate of drug-likeness (QED) is 0.681. The summed E-state index contributed by atoms with van der Waals surface area (Å²) in [6.07, 6.45) is 3.31. The van der Waals surface area contributed by atoms with E-state index in [0.29, 0.717) is 10.2 Å². The number of nitrogens with zero attached hydrogens (tertiary/aromatic N) is 2. The fourth-order valence-corrected chi connectivity index (χ4v) is 2.45. The van der Waals surface area contributed by atoms with Crippen molar-refractivity contribution in [1.82, 2.24) is 15.3 Å². The van der Waals surface area contributed by atoms with Gasteiger partial charge < -0.3 is 5.32 Å². The molecular formula is C14H14ClN3OS. The number of halogens is 1. The third-order valence-electron chi connectivity index (χ3n) is 2.60. The third kappa shape index (κ3) is 4.51. The van der Waals surface area contributed by atoms with E-state index in [2.05, 4.69) is 15.3 Å². The highest BCUT2D eigenvalue weighted by atomic mass is 35.5. The second-order valence-corrected chi connectivity index (χ2v) is 5.54. The van der Waals surface area contributed by atoms with Gasteiger partial charge in [-0.25, -0.2) is 9.97 Å². The van der Waals surface area contributed by atoms with E-state index in [1.807, 2.05) is 31.2 Å². The summed E-state index contributed by atoms with van der Waals surface area (Å²) >= 11 is 7.24. The van der Waals surface area contributed by atoms with Crippen molar-refractivity contribution in [2.75, 3.05) is 5.75 Å². The average Bonchev–Trinajstić information content (AvgIpc) is 2.46. The molecule has 0 spiro atoms. The van der Waals surface area contributed by atoms with Gasteiger partial charge in [-0.15, -0.1) is 0 Å². The zero-order valence-corrected chi connectivity index (χ0v) is 12.5. The Balaban J connectivity index is 1.85. The Kier molecular flexibility index (Phi) is 5.38. The molecule has 0 bridgehead atoms. The second kappa shape index (κ2) is 7.26. The molecule has 1 heterocycles. The Hall–Kier alpha value is -1.59. The number of rotatable bonds is 5. The van der Waals surface area contributed by atoms with E-state index in [1.165, 1.54) is 11.8 Å². The zero-order valence-electron chi connectivity index (χ0n) is 10.9. The van der Waals surface area contributed by atoms with Crippen LogP contribution >= 0.6 is 23.4 Å². The molecule has 1 atom stereocenters. The minimum atomic E-state index is -0.0847. The summed E-state index contributed by atoms with van der Waals surface area (Å²) in [7, 11) is 0. The first-order valence-electron chi connectivity index (χ1n) is 6.10. The van der Waals surface area contributed by atoms with Crippen LogP contribution in [0.1, 0.15) is 18.5 Å². The first-order chi connectivity index (χ1) is 9.65. The van der Waals surface area contributed by atoms with Crippen LogP contribution in [0, 0.1) is 0 Å². The molecule has 0 fully saturated rings. The average molecular weight is 308 g/mol. The minimum Gasteiger partial charge on any atom is -0.349 e. The molecule has 1 aromatic heterocycles. The predicted molar refractivity (Wildman–Crippen MR) is 80.8 cm³/mol. The highest BCUT2D eigenvalue weighted by Crippen LogP contribution is 2.18. The maximum Gasteiger partial charge on any atom is 0.230 e. The van der Waals surface area contributed by atoms with Crippen molar-refractivity contribution in [2.24, 2.45) is 0 Å². The number of amides is 1. The van der Waals surface area contributed by atoms with Crippen LogP contribution in [0.2, 0.25) is 5.02 Å². The smallest absolute Gasteiger partial charge is 0.230 e. The molecule has 104 valence electrons. The molecule has 1 N–H and O–H groups in total. The van der Waals surface area contributed by atoms with Gasteiger partial charge in [0, 0.05) is 17.4 Å². The molecule has 2 aromatic rings. The van der Waals surface area contributed by atoms with Gasteiger partial charge >= 0.3 is 0 Å². The standard InChI is InChI=1S/C14H14ClN3OS/c1-10(11-4-2-5-12(15)8-11)18-13(19)9-20-14-16-6-3-7-17-14/h2-8,10H,9H2,1H3,(H,18,19)/t10-/m0/s1. The van der Waals surface area contributed by atoms with E-state index in [1.54, 1.807) is 18.5 Å². The van der Waals surface area contributed by atoms with Gasteiger partial charge in [0.05, 0.1) is 11.8 Å². The number of hydrogen-bond acceptors (Lipinski definition) is 4. The van der Waals surface area contributed by atoms with Gasteiger partial charge in [-0.2, -0.15) is 0 Å². The highest BCUT2D eigenvalue weighted by Gasteiger charge is 2.10. The topological polar surface area (TPSA) is 54.9 Å². The molecule has 4 nitrogen and oxygen atoms in total. The number of nitrogens with one attached hydrogen (secondary N) is 1. The van der Waals surface area contributed by atoms with Crippen molar-refractivity contribution in [3.63, 3.8) is 0 Å².